The van der Waals surface area contributed by atoms with Gasteiger partial charge >= 0.3 is 0 Å². The van der Waals surface area contributed by atoms with E-state index < -0.39 is 5.25 Å². The van der Waals surface area contributed by atoms with Gasteiger partial charge in [0, 0.05) is 12.1 Å². The van der Waals surface area contributed by atoms with E-state index in [9.17, 15) is 9.59 Å². The number of halogens is 2. The van der Waals surface area contributed by atoms with Gasteiger partial charge in [0.15, 0.2) is 5.16 Å². The number of nitrogens with zero attached hydrogens (tertiary/aromatic N) is 2. The number of rotatable bonds is 4. The Hall–Kier alpha value is -2.02. The molecule has 0 saturated heterocycles. The minimum Gasteiger partial charge on any atom is -0.324 e. The van der Waals surface area contributed by atoms with Gasteiger partial charge in [0.2, 0.25) is 5.91 Å². The lowest BCUT2D eigenvalue weighted by Crippen LogP contribution is -2.25. The quantitative estimate of drug-likeness (QED) is 0.515. The molecule has 2 aromatic carbocycles. The second kappa shape index (κ2) is 7.70. The third-order valence-corrected chi connectivity index (χ3v) is 5.49. The zero-order chi connectivity index (χ0) is 18.8. The van der Waals surface area contributed by atoms with Crippen LogP contribution in [-0.2, 0) is 11.8 Å². The van der Waals surface area contributed by atoms with Gasteiger partial charge in [-0.05, 0) is 37.3 Å². The van der Waals surface area contributed by atoms with Crippen LogP contribution >= 0.6 is 35.0 Å². The highest BCUT2D eigenvalue weighted by atomic mass is 35.5. The number of thioether (sulfide) groups is 1. The van der Waals surface area contributed by atoms with Gasteiger partial charge in [-0.25, -0.2) is 4.98 Å². The van der Waals surface area contributed by atoms with Crippen molar-refractivity contribution in [2.45, 2.75) is 17.3 Å². The molecule has 1 amide bonds. The molecule has 134 valence electrons. The zero-order valence-corrected chi connectivity index (χ0v) is 16.3. The van der Waals surface area contributed by atoms with E-state index >= 15 is 0 Å². The minimum atomic E-state index is -0.496. The third kappa shape index (κ3) is 3.87. The number of para-hydroxylation sites is 1. The van der Waals surface area contributed by atoms with E-state index in [2.05, 4.69) is 10.3 Å². The van der Waals surface area contributed by atoms with Gasteiger partial charge in [0.1, 0.15) is 0 Å². The lowest BCUT2D eigenvalue weighted by molar-refractivity contribution is -0.115. The SMILES string of the molecule is CC(Sc1nc2ccccc2c(=O)n1C)C(=O)Nc1cc(Cl)ccc1Cl. The molecule has 0 saturated carbocycles. The summed E-state index contributed by atoms with van der Waals surface area (Å²) in [6, 6.07) is 12.0. The monoisotopic (exact) mass is 407 g/mol. The molecule has 8 heteroatoms. The Balaban J connectivity index is 1.83. The standard InChI is InChI=1S/C18H15Cl2N3O2S/c1-10(16(24)21-15-9-11(19)7-8-13(15)20)26-18-22-14-6-4-3-5-12(14)17(25)23(18)2/h3-10H,1-2H3,(H,21,24). The second-order valence-corrected chi connectivity index (χ2v) is 7.80. The maximum Gasteiger partial charge on any atom is 0.261 e. The van der Waals surface area contributed by atoms with E-state index in [-0.39, 0.29) is 11.5 Å². The number of anilines is 1. The van der Waals surface area contributed by atoms with Crippen LogP contribution in [0.4, 0.5) is 5.69 Å². The van der Waals surface area contributed by atoms with Crippen LogP contribution in [0.5, 0.6) is 0 Å². The molecule has 0 aliphatic carbocycles. The molecule has 1 unspecified atom stereocenters. The van der Waals surface area contributed by atoms with Crippen molar-refractivity contribution in [1.82, 2.24) is 9.55 Å². The topological polar surface area (TPSA) is 64.0 Å². The Morgan fingerprint density at radius 3 is 2.73 bits per heavy atom. The summed E-state index contributed by atoms with van der Waals surface area (Å²) in [6.45, 7) is 1.74. The minimum absolute atomic E-state index is 0.149. The van der Waals surface area contributed by atoms with Gasteiger partial charge in [0.25, 0.3) is 5.56 Å². The summed E-state index contributed by atoms with van der Waals surface area (Å²) in [5, 5.41) is 4.14. The highest BCUT2D eigenvalue weighted by Crippen LogP contribution is 2.27. The molecule has 0 fully saturated rings. The van der Waals surface area contributed by atoms with Crippen LogP contribution < -0.4 is 10.9 Å². The third-order valence-electron chi connectivity index (χ3n) is 3.78. The largest absolute Gasteiger partial charge is 0.324 e. The molecular weight excluding hydrogens is 393 g/mol. The van der Waals surface area contributed by atoms with Gasteiger partial charge in [-0.1, -0.05) is 47.1 Å². The first-order chi connectivity index (χ1) is 12.4. The van der Waals surface area contributed by atoms with Crippen molar-refractivity contribution in [3.63, 3.8) is 0 Å². The van der Waals surface area contributed by atoms with Gasteiger partial charge < -0.3 is 5.32 Å². The molecular formula is C18H15Cl2N3O2S. The molecule has 3 rings (SSSR count). The molecule has 1 aromatic heterocycles. The van der Waals surface area contributed by atoms with Crippen molar-refractivity contribution in [2.75, 3.05) is 5.32 Å². The normalized spacial score (nSPS) is 12.2. The maximum atomic E-state index is 12.5. The number of benzene rings is 2. The fourth-order valence-electron chi connectivity index (χ4n) is 2.34. The summed E-state index contributed by atoms with van der Waals surface area (Å²) < 4.78 is 1.45. The first-order valence-electron chi connectivity index (χ1n) is 7.75. The van der Waals surface area contributed by atoms with Crippen molar-refractivity contribution >= 4 is 57.5 Å². The van der Waals surface area contributed by atoms with E-state index in [0.29, 0.717) is 31.8 Å². The average molecular weight is 408 g/mol. The van der Waals surface area contributed by atoms with E-state index in [1.54, 1.807) is 50.4 Å². The fraction of sp³-hybridized carbons (Fsp3) is 0.167. The number of hydrogen-bond acceptors (Lipinski definition) is 4. The molecule has 0 aliphatic heterocycles. The Morgan fingerprint density at radius 1 is 1.23 bits per heavy atom. The lowest BCUT2D eigenvalue weighted by Gasteiger charge is -2.14. The number of amides is 1. The highest BCUT2D eigenvalue weighted by Gasteiger charge is 2.19. The Bertz CT molecular complexity index is 1050. The van der Waals surface area contributed by atoms with Crippen molar-refractivity contribution in [2.24, 2.45) is 7.05 Å². The smallest absolute Gasteiger partial charge is 0.261 e. The summed E-state index contributed by atoms with van der Waals surface area (Å²) in [5.41, 5.74) is 0.893. The Kier molecular flexibility index (Phi) is 5.55. The summed E-state index contributed by atoms with van der Waals surface area (Å²) in [7, 11) is 1.64. The predicted octanol–water partition coefficient (Wildman–Crippen LogP) is 4.36. The Morgan fingerprint density at radius 2 is 1.96 bits per heavy atom. The number of nitrogens with one attached hydrogen (secondary N) is 1. The second-order valence-electron chi connectivity index (χ2n) is 5.65. The van der Waals surface area contributed by atoms with Gasteiger partial charge in [-0.3, -0.25) is 14.2 Å². The van der Waals surface area contributed by atoms with Crippen LogP contribution in [0.15, 0.2) is 52.4 Å². The number of carbonyl (C=O) groups is 1. The average Bonchev–Trinajstić information content (AvgIpc) is 2.62. The van der Waals surface area contributed by atoms with Gasteiger partial charge in [-0.15, -0.1) is 0 Å². The van der Waals surface area contributed by atoms with Gasteiger partial charge in [-0.2, -0.15) is 0 Å². The molecule has 0 aliphatic rings. The van der Waals surface area contributed by atoms with Crippen LogP contribution in [0.25, 0.3) is 10.9 Å². The molecule has 0 bridgehead atoms. The summed E-state index contributed by atoms with van der Waals surface area (Å²) >= 11 is 13.2. The molecule has 26 heavy (non-hydrogen) atoms. The van der Waals surface area contributed by atoms with E-state index in [4.69, 9.17) is 23.2 Å². The van der Waals surface area contributed by atoms with Crippen molar-refractivity contribution in [1.29, 1.82) is 0 Å². The molecule has 1 atom stereocenters. The predicted molar refractivity (Wildman–Crippen MR) is 107 cm³/mol. The first-order valence-corrected chi connectivity index (χ1v) is 9.38. The number of carbonyl (C=O) groups excluding carboxylic acids is 1. The molecule has 0 radical (unpaired) electrons. The summed E-state index contributed by atoms with van der Waals surface area (Å²) in [6.07, 6.45) is 0. The molecule has 1 N–H and O–H groups in total. The Labute approximate surface area is 164 Å². The zero-order valence-electron chi connectivity index (χ0n) is 14.0. The first kappa shape index (κ1) is 18.8. The van der Waals surface area contributed by atoms with E-state index in [0.717, 1.165) is 0 Å². The summed E-state index contributed by atoms with van der Waals surface area (Å²) in [5.74, 6) is -0.262. The molecule has 5 nitrogen and oxygen atoms in total. The highest BCUT2D eigenvalue weighted by molar-refractivity contribution is 8.00. The van der Waals surface area contributed by atoms with E-state index in [1.165, 1.54) is 16.3 Å². The van der Waals surface area contributed by atoms with Crippen molar-refractivity contribution in [3.8, 4) is 0 Å². The summed E-state index contributed by atoms with van der Waals surface area (Å²) in [4.78, 5) is 29.4. The van der Waals surface area contributed by atoms with Crippen LogP contribution in [-0.4, -0.2) is 20.7 Å². The maximum absolute atomic E-state index is 12.5. The van der Waals surface area contributed by atoms with Crippen LogP contribution in [0.3, 0.4) is 0 Å². The molecule has 3 aromatic rings. The van der Waals surface area contributed by atoms with Crippen molar-refractivity contribution < 1.29 is 4.79 Å². The van der Waals surface area contributed by atoms with Gasteiger partial charge in [0.05, 0.1) is 26.9 Å². The van der Waals surface area contributed by atoms with E-state index in [1.807, 2.05) is 6.07 Å². The van der Waals surface area contributed by atoms with Crippen molar-refractivity contribution in [3.05, 3.63) is 62.9 Å². The molecule has 0 spiro atoms. The number of hydrogen-bond donors (Lipinski definition) is 1. The van der Waals surface area contributed by atoms with Crippen LogP contribution in [0.1, 0.15) is 6.92 Å². The fourth-order valence-corrected chi connectivity index (χ4v) is 3.55. The number of aromatic nitrogens is 2. The number of fused-ring (bicyclic) bond motifs is 1. The lowest BCUT2D eigenvalue weighted by atomic mass is 10.2. The molecule has 1 heterocycles. The van der Waals surface area contributed by atoms with Crippen LogP contribution in [0, 0.1) is 0 Å². The van der Waals surface area contributed by atoms with Crippen LogP contribution in [0.2, 0.25) is 10.0 Å².